The fourth-order valence-corrected chi connectivity index (χ4v) is 5.62. The fourth-order valence-electron chi connectivity index (χ4n) is 3.50. The van der Waals surface area contributed by atoms with Gasteiger partial charge in [-0.15, -0.1) is 21.5 Å². The van der Waals surface area contributed by atoms with Gasteiger partial charge in [0.15, 0.2) is 0 Å². The van der Waals surface area contributed by atoms with Crippen molar-refractivity contribution in [3.63, 3.8) is 0 Å². The van der Waals surface area contributed by atoms with Crippen molar-refractivity contribution in [1.82, 2.24) is 19.5 Å². The van der Waals surface area contributed by atoms with Crippen LogP contribution in [0.15, 0.2) is 51.4 Å². The van der Waals surface area contributed by atoms with Crippen LogP contribution in [0.4, 0.5) is 5.82 Å². The molecule has 0 aliphatic carbocycles. The maximum Gasteiger partial charge on any atom is 0.276 e. The molecule has 0 saturated carbocycles. The molecule has 0 radical (unpaired) electrons. The first-order valence-electron chi connectivity index (χ1n) is 9.69. The van der Waals surface area contributed by atoms with Crippen molar-refractivity contribution in [2.24, 2.45) is 0 Å². The Morgan fingerprint density at radius 2 is 1.93 bits per heavy atom. The molecule has 0 amide bonds. The van der Waals surface area contributed by atoms with E-state index in [2.05, 4.69) is 44.3 Å². The highest BCUT2D eigenvalue weighted by Gasteiger charge is 2.20. The number of aromatic nitrogens is 3. The van der Waals surface area contributed by atoms with Crippen LogP contribution in [0.2, 0.25) is 0 Å². The van der Waals surface area contributed by atoms with Crippen molar-refractivity contribution in [3.8, 4) is 10.8 Å². The number of hydrogen-bond acceptors (Lipinski definition) is 9. The smallest absolute Gasteiger partial charge is 0.276 e. The number of benzene rings is 1. The zero-order valence-corrected chi connectivity index (χ0v) is 18.3. The predicted octanol–water partition coefficient (Wildman–Crippen LogP) is 4.71. The van der Waals surface area contributed by atoms with Crippen LogP contribution in [0.25, 0.3) is 20.9 Å². The van der Waals surface area contributed by atoms with E-state index in [1.54, 1.807) is 34.6 Å². The van der Waals surface area contributed by atoms with E-state index in [9.17, 15) is 0 Å². The van der Waals surface area contributed by atoms with Gasteiger partial charge in [0, 0.05) is 37.3 Å². The monoisotopic (exact) mass is 443 g/mol. The summed E-state index contributed by atoms with van der Waals surface area (Å²) in [4.78, 5) is 5.99. The number of hydrogen-bond donors (Lipinski definition) is 0. The van der Waals surface area contributed by atoms with Crippen LogP contribution >= 0.6 is 34.6 Å². The van der Waals surface area contributed by atoms with Crippen LogP contribution in [0.1, 0.15) is 6.42 Å². The largest absolute Gasteiger partial charge is 0.410 e. The van der Waals surface area contributed by atoms with E-state index in [1.165, 1.54) is 10.1 Å². The topological polar surface area (TPSA) is 58.3 Å². The SMILES string of the molecule is c1csc(-c2nnc(SCCCN3CCN(c4nsc5ccccc45)CC3)o2)c1. The zero-order valence-electron chi connectivity index (χ0n) is 15.9. The molecule has 5 rings (SSSR count). The van der Waals surface area contributed by atoms with Gasteiger partial charge in [-0.2, -0.15) is 4.37 Å². The van der Waals surface area contributed by atoms with Crippen LogP contribution in [0.3, 0.4) is 0 Å². The number of anilines is 1. The number of fused-ring (bicyclic) bond motifs is 1. The maximum absolute atomic E-state index is 5.74. The lowest BCUT2D eigenvalue weighted by molar-refractivity contribution is 0.259. The molecule has 3 aromatic heterocycles. The minimum Gasteiger partial charge on any atom is -0.410 e. The van der Waals surface area contributed by atoms with Crippen LogP contribution in [0, 0.1) is 0 Å². The van der Waals surface area contributed by atoms with E-state index in [4.69, 9.17) is 8.79 Å². The molecule has 1 saturated heterocycles. The summed E-state index contributed by atoms with van der Waals surface area (Å²) in [6, 6.07) is 12.5. The maximum atomic E-state index is 5.74. The summed E-state index contributed by atoms with van der Waals surface area (Å²) in [6.07, 6.45) is 1.11. The van der Waals surface area contributed by atoms with E-state index in [-0.39, 0.29) is 0 Å². The predicted molar refractivity (Wildman–Crippen MR) is 121 cm³/mol. The highest BCUT2D eigenvalue weighted by atomic mass is 32.2. The van der Waals surface area contributed by atoms with Crippen molar-refractivity contribution in [3.05, 3.63) is 41.8 Å². The number of thiophene rings is 1. The molecule has 1 aliphatic heterocycles. The van der Waals surface area contributed by atoms with Crippen LogP contribution in [-0.2, 0) is 0 Å². The van der Waals surface area contributed by atoms with Crippen molar-refractivity contribution >= 4 is 50.5 Å². The second-order valence-electron chi connectivity index (χ2n) is 6.88. The van der Waals surface area contributed by atoms with E-state index >= 15 is 0 Å². The number of nitrogens with zero attached hydrogens (tertiary/aromatic N) is 5. The van der Waals surface area contributed by atoms with Crippen LogP contribution < -0.4 is 4.90 Å². The third-order valence-corrected chi connectivity index (χ3v) is 7.59. The highest BCUT2D eigenvalue weighted by molar-refractivity contribution is 7.99. The number of piperazine rings is 1. The zero-order chi connectivity index (χ0) is 19.5. The quantitative estimate of drug-likeness (QED) is 0.303. The standard InChI is InChI=1S/C20H21N5OS3/c1-2-6-16-15(5-1)18(23-29-16)25-11-9-24(10-12-25)8-4-14-28-20-22-21-19(26-20)17-7-3-13-27-17/h1-3,5-7,13H,4,8-12,14H2. The summed E-state index contributed by atoms with van der Waals surface area (Å²) in [7, 11) is 0. The molecule has 0 atom stereocenters. The van der Waals surface area contributed by atoms with Crippen molar-refractivity contribution in [2.75, 3.05) is 43.4 Å². The molecule has 29 heavy (non-hydrogen) atoms. The second-order valence-corrected chi connectivity index (χ2v) is 9.68. The molecule has 4 heterocycles. The summed E-state index contributed by atoms with van der Waals surface area (Å²) in [5, 5.41) is 12.2. The first-order chi connectivity index (χ1) is 14.4. The Bertz CT molecular complexity index is 1050. The molecule has 1 aromatic carbocycles. The van der Waals surface area contributed by atoms with Gasteiger partial charge in [0.05, 0.1) is 9.58 Å². The lowest BCUT2D eigenvalue weighted by Crippen LogP contribution is -2.46. The normalized spacial score (nSPS) is 15.4. The lowest BCUT2D eigenvalue weighted by atomic mass is 10.2. The average molecular weight is 444 g/mol. The Hall–Kier alpha value is -1.94. The molecule has 150 valence electrons. The minimum absolute atomic E-state index is 0.619. The lowest BCUT2D eigenvalue weighted by Gasteiger charge is -2.35. The van der Waals surface area contributed by atoms with Crippen molar-refractivity contribution < 1.29 is 4.42 Å². The molecule has 0 N–H and O–H groups in total. The summed E-state index contributed by atoms with van der Waals surface area (Å²) in [5.74, 6) is 2.76. The Morgan fingerprint density at radius 3 is 2.79 bits per heavy atom. The molecule has 0 spiro atoms. The molecule has 1 fully saturated rings. The summed E-state index contributed by atoms with van der Waals surface area (Å²) in [5.41, 5.74) is 0. The molecule has 0 unspecified atom stereocenters. The molecule has 9 heteroatoms. The third kappa shape index (κ3) is 4.32. The second kappa shape index (κ2) is 8.83. The van der Waals surface area contributed by atoms with Gasteiger partial charge in [0.2, 0.25) is 0 Å². The average Bonchev–Trinajstić information content (AvgIpc) is 3.52. The highest BCUT2D eigenvalue weighted by Crippen LogP contribution is 2.30. The number of thioether (sulfide) groups is 1. The fraction of sp³-hybridized carbons (Fsp3) is 0.350. The molecule has 4 aromatic rings. The van der Waals surface area contributed by atoms with Crippen molar-refractivity contribution in [2.45, 2.75) is 11.6 Å². The van der Waals surface area contributed by atoms with Gasteiger partial charge in [-0.1, -0.05) is 30.0 Å². The van der Waals surface area contributed by atoms with Gasteiger partial charge < -0.3 is 9.32 Å². The summed E-state index contributed by atoms with van der Waals surface area (Å²) < 4.78 is 11.7. The molecular formula is C20H21N5OS3. The van der Waals surface area contributed by atoms with Crippen molar-refractivity contribution in [1.29, 1.82) is 0 Å². The van der Waals surface area contributed by atoms with Gasteiger partial charge in [-0.25, -0.2) is 0 Å². The summed E-state index contributed by atoms with van der Waals surface area (Å²) >= 11 is 4.86. The van der Waals surface area contributed by atoms with E-state index < -0.39 is 0 Å². The molecule has 0 bridgehead atoms. The number of rotatable bonds is 7. The van der Waals surface area contributed by atoms with Gasteiger partial charge in [-0.3, -0.25) is 4.90 Å². The first-order valence-corrected chi connectivity index (χ1v) is 12.3. The van der Waals surface area contributed by atoms with E-state index in [1.807, 2.05) is 17.5 Å². The Kier molecular flexibility index (Phi) is 5.80. The molecule has 1 aliphatic rings. The Balaban J connectivity index is 1.06. The van der Waals surface area contributed by atoms with Gasteiger partial charge in [-0.05, 0) is 48.1 Å². The first kappa shape index (κ1) is 19.0. The van der Waals surface area contributed by atoms with Crippen LogP contribution in [0.5, 0.6) is 0 Å². The Morgan fingerprint density at radius 1 is 1.03 bits per heavy atom. The molecule has 6 nitrogen and oxygen atoms in total. The van der Waals surface area contributed by atoms with E-state index in [0.717, 1.165) is 55.6 Å². The van der Waals surface area contributed by atoms with Crippen LogP contribution in [-0.4, -0.2) is 57.9 Å². The molecular weight excluding hydrogens is 422 g/mol. The third-order valence-electron chi connectivity index (χ3n) is 5.01. The van der Waals surface area contributed by atoms with Gasteiger partial charge in [0.1, 0.15) is 5.82 Å². The Labute approximate surface area is 181 Å². The summed E-state index contributed by atoms with van der Waals surface area (Å²) in [6.45, 7) is 5.34. The van der Waals surface area contributed by atoms with E-state index in [0.29, 0.717) is 11.1 Å². The van der Waals surface area contributed by atoms with Gasteiger partial charge in [0.25, 0.3) is 11.1 Å². The van der Waals surface area contributed by atoms with Gasteiger partial charge >= 0.3 is 0 Å². The minimum atomic E-state index is 0.619.